The summed E-state index contributed by atoms with van der Waals surface area (Å²) < 4.78 is 1.72. The lowest BCUT2D eigenvalue weighted by atomic mass is 9.90. The highest BCUT2D eigenvalue weighted by molar-refractivity contribution is 6.00. The first-order valence-electron chi connectivity index (χ1n) is 6.63. The van der Waals surface area contributed by atoms with Crippen LogP contribution in [0.25, 0.3) is 0 Å². The van der Waals surface area contributed by atoms with E-state index in [9.17, 15) is 9.59 Å². The Morgan fingerprint density at radius 3 is 3.10 bits per heavy atom. The molecule has 2 aromatic heterocycles. The molecule has 0 aliphatic carbocycles. The van der Waals surface area contributed by atoms with Crippen molar-refractivity contribution >= 4 is 17.6 Å². The Hall–Kier alpha value is -2.71. The molecular weight excluding hydrogens is 274 g/mol. The molecule has 9 heteroatoms. The van der Waals surface area contributed by atoms with E-state index in [1.807, 2.05) is 6.92 Å². The summed E-state index contributed by atoms with van der Waals surface area (Å²) in [7, 11) is 1.54. The van der Waals surface area contributed by atoms with Crippen molar-refractivity contribution in [3.8, 4) is 0 Å². The monoisotopic (exact) mass is 289 g/mol. The number of amides is 2. The number of anilines is 1. The third-order valence-corrected chi connectivity index (χ3v) is 3.51. The fourth-order valence-electron chi connectivity index (χ4n) is 2.56. The highest BCUT2D eigenvalue weighted by atomic mass is 16.2. The van der Waals surface area contributed by atoms with Gasteiger partial charge in [0.2, 0.25) is 5.91 Å². The van der Waals surface area contributed by atoms with E-state index in [0.717, 1.165) is 0 Å². The second kappa shape index (κ2) is 5.00. The van der Waals surface area contributed by atoms with Gasteiger partial charge in [-0.3, -0.25) is 14.7 Å². The lowest BCUT2D eigenvalue weighted by Crippen LogP contribution is -2.28. The van der Waals surface area contributed by atoms with Gasteiger partial charge in [0, 0.05) is 25.6 Å². The Kier molecular flexibility index (Phi) is 3.16. The van der Waals surface area contributed by atoms with E-state index >= 15 is 0 Å². The van der Waals surface area contributed by atoms with Crippen LogP contribution >= 0.6 is 0 Å². The minimum atomic E-state index is -0.345. The normalized spacial score (nSPS) is 17.2. The number of carbonyl (C=O) groups is 2. The zero-order chi connectivity index (χ0) is 15.0. The average Bonchev–Trinajstić information content (AvgIpc) is 3.11. The summed E-state index contributed by atoms with van der Waals surface area (Å²) >= 11 is 0. The van der Waals surface area contributed by atoms with Crippen molar-refractivity contribution in [2.24, 2.45) is 0 Å². The van der Waals surface area contributed by atoms with E-state index < -0.39 is 0 Å². The molecule has 9 nitrogen and oxygen atoms in total. The Balaban J connectivity index is 2.14. The van der Waals surface area contributed by atoms with Crippen LogP contribution in [0.3, 0.4) is 0 Å². The zero-order valence-electron chi connectivity index (χ0n) is 11.7. The van der Waals surface area contributed by atoms with Crippen molar-refractivity contribution in [2.45, 2.75) is 25.8 Å². The van der Waals surface area contributed by atoms with Gasteiger partial charge < -0.3 is 10.6 Å². The van der Waals surface area contributed by atoms with Gasteiger partial charge in [-0.1, -0.05) is 0 Å². The first-order valence-corrected chi connectivity index (χ1v) is 6.63. The molecule has 0 bridgehead atoms. The van der Waals surface area contributed by atoms with Crippen molar-refractivity contribution in [1.29, 1.82) is 0 Å². The number of nitrogens with one attached hydrogen (secondary N) is 3. The molecule has 0 radical (unpaired) electrons. The van der Waals surface area contributed by atoms with Gasteiger partial charge in [0.05, 0.1) is 5.92 Å². The van der Waals surface area contributed by atoms with Gasteiger partial charge in [-0.15, -0.1) is 0 Å². The standard InChI is InChI=1S/C12H15N7O2/c1-3-19-11(14-5-15-19)6-4-7(20)16-10-8(6)9(17-18-10)12(21)13-2/h5-6H,3-4H2,1-2H3,(H,13,21)(H2,16,17,18,20)/t6-/m1/s1. The first-order chi connectivity index (χ1) is 10.2. The molecule has 0 unspecified atom stereocenters. The molecule has 0 saturated heterocycles. The second-order valence-corrected chi connectivity index (χ2v) is 4.68. The maximum Gasteiger partial charge on any atom is 0.269 e. The maximum absolute atomic E-state index is 12.0. The fraction of sp³-hybridized carbons (Fsp3) is 0.417. The molecule has 0 saturated carbocycles. The Morgan fingerprint density at radius 1 is 1.57 bits per heavy atom. The third-order valence-electron chi connectivity index (χ3n) is 3.51. The number of H-pyrrole nitrogens is 1. The smallest absolute Gasteiger partial charge is 0.269 e. The fourth-order valence-corrected chi connectivity index (χ4v) is 2.56. The van der Waals surface area contributed by atoms with Crippen LogP contribution in [0.5, 0.6) is 0 Å². The summed E-state index contributed by atoms with van der Waals surface area (Å²) in [6.07, 6.45) is 1.65. The minimum Gasteiger partial charge on any atom is -0.354 e. The van der Waals surface area contributed by atoms with Gasteiger partial charge in [-0.05, 0) is 6.92 Å². The van der Waals surface area contributed by atoms with Gasteiger partial charge in [0.1, 0.15) is 17.8 Å². The van der Waals surface area contributed by atoms with Crippen LogP contribution in [0.2, 0.25) is 0 Å². The summed E-state index contributed by atoms with van der Waals surface area (Å²) in [5.74, 6) is 0.239. The predicted octanol–water partition coefficient (Wildman–Crippen LogP) is -0.145. The summed E-state index contributed by atoms with van der Waals surface area (Å²) in [4.78, 5) is 28.1. The van der Waals surface area contributed by atoms with Crippen LogP contribution in [-0.4, -0.2) is 43.8 Å². The lowest BCUT2D eigenvalue weighted by Gasteiger charge is -2.22. The van der Waals surface area contributed by atoms with E-state index in [-0.39, 0.29) is 24.2 Å². The quantitative estimate of drug-likeness (QED) is 0.726. The highest BCUT2D eigenvalue weighted by Crippen LogP contribution is 2.37. The molecule has 2 aromatic rings. The third kappa shape index (κ3) is 2.06. The molecular formula is C12H15N7O2. The van der Waals surface area contributed by atoms with Crippen LogP contribution in [-0.2, 0) is 11.3 Å². The Bertz CT molecular complexity index is 702. The largest absolute Gasteiger partial charge is 0.354 e. The van der Waals surface area contributed by atoms with E-state index in [4.69, 9.17) is 0 Å². The summed E-state index contributed by atoms with van der Waals surface area (Å²) in [5.41, 5.74) is 0.986. The van der Waals surface area contributed by atoms with Crippen LogP contribution in [0.15, 0.2) is 6.33 Å². The number of nitrogens with zero attached hydrogens (tertiary/aromatic N) is 4. The average molecular weight is 289 g/mol. The SMILES string of the molecule is CCn1ncnc1[C@@H]1CC(=O)Nc2n[nH]c(C(=O)NC)c21. The molecule has 1 aliphatic rings. The summed E-state index contributed by atoms with van der Waals surface area (Å²) in [6, 6.07) is 0. The number of aromatic amines is 1. The first kappa shape index (κ1) is 13.3. The summed E-state index contributed by atoms with van der Waals surface area (Å²) in [5, 5.41) is 16.1. The zero-order valence-corrected chi connectivity index (χ0v) is 11.7. The van der Waals surface area contributed by atoms with Crippen LogP contribution in [0.4, 0.5) is 5.82 Å². The van der Waals surface area contributed by atoms with Gasteiger partial charge in [0.15, 0.2) is 5.82 Å². The molecule has 3 rings (SSSR count). The van der Waals surface area contributed by atoms with E-state index in [2.05, 4.69) is 30.9 Å². The topological polar surface area (TPSA) is 118 Å². The highest BCUT2D eigenvalue weighted by Gasteiger charge is 2.35. The van der Waals surface area contributed by atoms with Gasteiger partial charge in [0.25, 0.3) is 5.91 Å². The molecule has 0 aromatic carbocycles. The molecule has 3 heterocycles. The lowest BCUT2D eigenvalue weighted by molar-refractivity contribution is -0.116. The van der Waals surface area contributed by atoms with Crippen LogP contribution in [0.1, 0.15) is 41.1 Å². The predicted molar refractivity (Wildman–Crippen MR) is 72.8 cm³/mol. The van der Waals surface area contributed by atoms with Gasteiger partial charge >= 0.3 is 0 Å². The molecule has 21 heavy (non-hydrogen) atoms. The van der Waals surface area contributed by atoms with Gasteiger partial charge in [-0.2, -0.15) is 10.2 Å². The van der Waals surface area contributed by atoms with Crippen LogP contribution < -0.4 is 10.6 Å². The van der Waals surface area contributed by atoms with Crippen molar-refractivity contribution in [3.63, 3.8) is 0 Å². The molecule has 1 atom stereocenters. The number of carbonyl (C=O) groups excluding carboxylic acids is 2. The molecule has 0 spiro atoms. The number of rotatable bonds is 3. The van der Waals surface area contributed by atoms with Crippen molar-refractivity contribution in [3.05, 3.63) is 23.4 Å². The molecule has 110 valence electrons. The van der Waals surface area contributed by atoms with E-state index in [0.29, 0.717) is 29.4 Å². The minimum absolute atomic E-state index is 0.159. The summed E-state index contributed by atoms with van der Waals surface area (Å²) in [6.45, 7) is 2.58. The Morgan fingerprint density at radius 2 is 2.38 bits per heavy atom. The molecule has 2 amide bonds. The molecule has 3 N–H and O–H groups in total. The van der Waals surface area contributed by atoms with E-state index in [1.165, 1.54) is 6.33 Å². The second-order valence-electron chi connectivity index (χ2n) is 4.68. The van der Waals surface area contributed by atoms with Gasteiger partial charge in [-0.25, -0.2) is 9.67 Å². The Labute approximate surface area is 120 Å². The number of fused-ring (bicyclic) bond motifs is 1. The molecule has 0 fully saturated rings. The van der Waals surface area contributed by atoms with Crippen molar-refractivity contribution in [2.75, 3.05) is 12.4 Å². The molecule has 1 aliphatic heterocycles. The maximum atomic E-state index is 12.0. The van der Waals surface area contributed by atoms with Crippen molar-refractivity contribution in [1.82, 2.24) is 30.3 Å². The van der Waals surface area contributed by atoms with Crippen molar-refractivity contribution < 1.29 is 9.59 Å². The number of aryl methyl sites for hydroxylation is 1. The number of aromatic nitrogens is 5. The number of hydrogen-bond acceptors (Lipinski definition) is 5. The number of hydrogen-bond donors (Lipinski definition) is 3. The van der Waals surface area contributed by atoms with E-state index in [1.54, 1.807) is 11.7 Å². The van der Waals surface area contributed by atoms with Crippen LogP contribution in [0, 0.1) is 0 Å².